The van der Waals surface area contributed by atoms with E-state index in [2.05, 4.69) is 4.89 Å². The van der Waals surface area contributed by atoms with Crippen LogP contribution < -0.4 is 0 Å². The highest BCUT2D eigenvalue weighted by molar-refractivity contribution is 5.78. The minimum atomic E-state index is -0.105. The van der Waals surface area contributed by atoms with Crippen molar-refractivity contribution in [2.75, 3.05) is 26.9 Å². The lowest BCUT2D eigenvalue weighted by Gasteiger charge is -2.34. The van der Waals surface area contributed by atoms with Crippen LogP contribution in [0.2, 0.25) is 0 Å². The Hall–Kier alpha value is -1.43. The first-order chi connectivity index (χ1) is 8.81. The molecule has 98 valence electrons. The minimum Gasteiger partial charge on any atom is -0.369 e. The summed E-state index contributed by atoms with van der Waals surface area (Å²) in [7, 11) is 1.45. The molecule has 1 fully saturated rings. The molecule has 0 bridgehead atoms. The molecule has 1 heterocycles. The van der Waals surface area contributed by atoms with Crippen molar-refractivity contribution in [1.82, 2.24) is 4.90 Å². The molecule has 0 unspecified atom stereocenters. The molecule has 5 heteroatoms. The Morgan fingerprint density at radius 3 is 2.89 bits per heavy atom. The van der Waals surface area contributed by atoms with Crippen molar-refractivity contribution < 1.29 is 19.3 Å². The van der Waals surface area contributed by atoms with E-state index >= 15 is 0 Å². The van der Waals surface area contributed by atoms with Crippen molar-refractivity contribution in [3.63, 3.8) is 0 Å². The molecule has 1 aromatic rings. The SMILES string of the molecule is COOC[C@H]1COCC(=O)N1Cc1ccccc1. The number of carbonyl (C=O) groups is 1. The van der Waals surface area contributed by atoms with E-state index in [1.54, 1.807) is 4.90 Å². The van der Waals surface area contributed by atoms with Gasteiger partial charge in [0.15, 0.2) is 0 Å². The number of morpholine rings is 1. The van der Waals surface area contributed by atoms with E-state index in [0.717, 1.165) is 5.56 Å². The molecule has 1 amide bonds. The van der Waals surface area contributed by atoms with E-state index < -0.39 is 0 Å². The van der Waals surface area contributed by atoms with Crippen LogP contribution in [0.3, 0.4) is 0 Å². The maximum Gasteiger partial charge on any atom is 0.249 e. The van der Waals surface area contributed by atoms with E-state index in [1.807, 2.05) is 30.3 Å². The number of amides is 1. The third-order valence-electron chi connectivity index (χ3n) is 2.87. The second kappa shape index (κ2) is 6.49. The molecular weight excluding hydrogens is 234 g/mol. The van der Waals surface area contributed by atoms with Gasteiger partial charge >= 0.3 is 0 Å². The number of rotatable bonds is 5. The number of ether oxygens (including phenoxy) is 1. The predicted molar refractivity (Wildman–Crippen MR) is 64.6 cm³/mol. The van der Waals surface area contributed by atoms with E-state index in [9.17, 15) is 4.79 Å². The Morgan fingerprint density at radius 1 is 1.39 bits per heavy atom. The second-order valence-electron chi connectivity index (χ2n) is 4.13. The Bertz CT molecular complexity index is 382. The molecule has 1 aromatic carbocycles. The van der Waals surface area contributed by atoms with Gasteiger partial charge in [-0.3, -0.25) is 4.79 Å². The van der Waals surface area contributed by atoms with Gasteiger partial charge in [-0.2, -0.15) is 0 Å². The van der Waals surface area contributed by atoms with Gasteiger partial charge in [0.25, 0.3) is 0 Å². The van der Waals surface area contributed by atoms with E-state index in [4.69, 9.17) is 9.62 Å². The molecular formula is C13H17NO4. The van der Waals surface area contributed by atoms with Gasteiger partial charge in [0.2, 0.25) is 5.91 Å². The quantitative estimate of drug-likeness (QED) is 0.578. The third kappa shape index (κ3) is 3.29. The fourth-order valence-electron chi connectivity index (χ4n) is 1.94. The fraction of sp³-hybridized carbons (Fsp3) is 0.462. The van der Waals surface area contributed by atoms with Gasteiger partial charge in [-0.1, -0.05) is 30.3 Å². The van der Waals surface area contributed by atoms with Crippen LogP contribution in [0.1, 0.15) is 5.56 Å². The van der Waals surface area contributed by atoms with Gasteiger partial charge < -0.3 is 9.64 Å². The Kier molecular flexibility index (Phi) is 4.69. The Balaban J connectivity index is 2.03. The zero-order chi connectivity index (χ0) is 12.8. The van der Waals surface area contributed by atoms with E-state index in [0.29, 0.717) is 19.8 Å². The molecule has 0 saturated carbocycles. The summed E-state index contributed by atoms with van der Waals surface area (Å²) >= 11 is 0. The highest BCUT2D eigenvalue weighted by Gasteiger charge is 2.29. The highest BCUT2D eigenvalue weighted by Crippen LogP contribution is 2.13. The molecule has 0 N–H and O–H groups in total. The van der Waals surface area contributed by atoms with E-state index in [-0.39, 0.29) is 18.6 Å². The topological polar surface area (TPSA) is 48.0 Å². The molecule has 0 aromatic heterocycles. The molecule has 0 radical (unpaired) electrons. The van der Waals surface area contributed by atoms with E-state index in [1.165, 1.54) is 7.11 Å². The number of hydrogen-bond acceptors (Lipinski definition) is 4. The molecule has 1 aliphatic rings. The summed E-state index contributed by atoms with van der Waals surface area (Å²) in [5.41, 5.74) is 1.09. The fourth-order valence-corrected chi connectivity index (χ4v) is 1.94. The summed E-state index contributed by atoms with van der Waals surface area (Å²) in [5.74, 6) is -0.0187. The normalized spacial score (nSPS) is 20.2. The standard InChI is InChI=1S/C13H17NO4/c1-16-18-9-12-8-17-10-13(15)14(12)7-11-5-3-2-4-6-11/h2-6,12H,7-10H2,1H3/t12-/m1/s1. The van der Waals surface area contributed by atoms with Gasteiger partial charge in [0, 0.05) is 6.54 Å². The van der Waals surface area contributed by atoms with Crippen LogP contribution in [-0.4, -0.2) is 43.8 Å². The molecule has 0 spiro atoms. The summed E-state index contributed by atoms with van der Waals surface area (Å²) in [6, 6.07) is 9.76. The van der Waals surface area contributed by atoms with Crippen LogP contribution in [0, 0.1) is 0 Å². The predicted octanol–water partition coefficient (Wildman–Crippen LogP) is 0.992. The first kappa shape index (κ1) is 13.0. The van der Waals surface area contributed by atoms with Gasteiger partial charge in [-0.05, 0) is 5.56 Å². The highest BCUT2D eigenvalue weighted by atomic mass is 17.2. The zero-order valence-corrected chi connectivity index (χ0v) is 10.4. The molecule has 1 saturated heterocycles. The number of hydrogen-bond donors (Lipinski definition) is 0. The molecule has 2 rings (SSSR count). The van der Waals surface area contributed by atoms with Crippen LogP contribution >= 0.6 is 0 Å². The molecule has 1 aliphatic heterocycles. The summed E-state index contributed by atoms with van der Waals surface area (Å²) in [6.45, 7) is 1.49. The number of benzene rings is 1. The molecule has 18 heavy (non-hydrogen) atoms. The van der Waals surface area contributed by atoms with Crippen LogP contribution in [0.5, 0.6) is 0 Å². The molecule has 1 atom stereocenters. The van der Waals surface area contributed by atoms with Crippen molar-refractivity contribution in [3.8, 4) is 0 Å². The van der Waals surface area contributed by atoms with Gasteiger partial charge in [-0.25, -0.2) is 9.78 Å². The summed E-state index contributed by atoms with van der Waals surface area (Å²) in [4.78, 5) is 23.2. The first-order valence-electron chi connectivity index (χ1n) is 5.88. The largest absolute Gasteiger partial charge is 0.369 e. The molecule has 0 aliphatic carbocycles. The van der Waals surface area contributed by atoms with Crippen molar-refractivity contribution in [2.24, 2.45) is 0 Å². The lowest BCUT2D eigenvalue weighted by molar-refractivity contribution is -0.283. The zero-order valence-electron chi connectivity index (χ0n) is 10.4. The van der Waals surface area contributed by atoms with Crippen molar-refractivity contribution >= 4 is 5.91 Å². The monoisotopic (exact) mass is 251 g/mol. The smallest absolute Gasteiger partial charge is 0.249 e. The maximum atomic E-state index is 11.9. The van der Waals surface area contributed by atoms with Crippen LogP contribution in [0.25, 0.3) is 0 Å². The van der Waals surface area contributed by atoms with Gasteiger partial charge in [0.1, 0.15) is 13.2 Å². The van der Waals surface area contributed by atoms with Gasteiger partial charge in [-0.15, -0.1) is 0 Å². The van der Waals surface area contributed by atoms with Crippen LogP contribution in [0.4, 0.5) is 0 Å². The van der Waals surface area contributed by atoms with Crippen molar-refractivity contribution in [3.05, 3.63) is 35.9 Å². The third-order valence-corrected chi connectivity index (χ3v) is 2.87. The Labute approximate surface area is 106 Å². The van der Waals surface area contributed by atoms with Crippen LogP contribution in [-0.2, 0) is 25.9 Å². The average Bonchev–Trinajstić information content (AvgIpc) is 2.41. The van der Waals surface area contributed by atoms with Crippen molar-refractivity contribution in [1.29, 1.82) is 0 Å². The lowest BCUT2D eigenvalue weighted by atomic mass is 10.1. The van der Waals surface area contributed by atoms with Crippen LogP contribution in [0.15, 0.2) is 30.3 Å². The maximum absolute atomic E-state index is 11.9. The average molecular weight is 251 g/mol. The lowest BCUT2D eigenvalue weighted by Crippen LogP contribution is -2.50. The summed E-state index contributed by atoms with van der Waals surface area (Å²) in [5, 5.41) is 0. The second-order valence-corrected chi connectivity index (χ2v) is 4.13. The number of carbonyl (C=O) groups excluding carboxylic acids is 1. The summed E-state index contributed by atoms with van der Waals surface area (Å²) in [6.07, 6.45) is 0. The molecule has 5 nitrogen and oxygen atoms in total. The first-order valence-corrected chi connectivity index (χ1v) is 5.88. The summed E-state index contributed by atoms with van der Waals surface area (Å²) < 4.78 is 5.23. The number of nitrogens with zero attached hydrogens (tertiary/aromatic N) is 1. The Morgan fingerprint density at radius 2 is 2.17 bits per heavy atom. The van der Waals surface area contributed by atoms with Gasteiger partial charge in [0.05, 0.1) is 19.8 Å². The van der Waals surface area contributed by atoms with Crippen molar-refractivity contribution in [2.45, 2.75) is 12.6 Å². The minimum absolute atomic E-state index is 0.0187.